The van der Waals surface area contributed by atoms with Gasteiger partial charge < -0.3 is 10.2 Å². The lowest BCUT2D eigenvalue weighted by Gasteiger charge is -2.26. The zero-order valence-corrected chi connectivity index (χ0v) is 10.3. The molecule has 0 aliphatic carbocycles. The number of hydrogen-bond acceptors (Lipinski definition) is 3. The molecule has 1 aliphatic rings. The van der Waals surface area contributed by atoms with Crippen LogP contribution in [-0.2, 0) is 6.42 Å². The number of nitrogens with one attached hydrogen (secondary N) is 1. The number of pyridine rings is 1. The van der Waals surface area contributed by atoms with Crippen molar-refractivity contribution in [3.05, 3.63) is 28.5 Å². The van der Waals surface area contributed by atoms with Gasteiger partial charge in [0.05, 0.1) is 5.69 Å². The van der Waals surface area contributed by atoms with E-state index < -0.39 is 0 Å². The molecule has 2 rings (SSSR count). The maximum atomic E-state index is 4.37. The standard InChI is InChI=1S/C11H16BrN3/c12-10-2-1-4-14-11(10)3-7-15-8-5-13-6-9-15/h1-2,4,13H,3,5-9H2. The second kappa shape index (κ2) is 5.58. The molecule has 2 heterocycles. The van der Waals surface area contributed by atoms with Crippen molar-refractivity contribution < 1.29 is 0 Å². The van der Waals surface area contributed by atoms with Crippen molar-refractivity contribution in [2.45, 2.75) is 6.42 Å². The van der Waals surface area contributed by atoms with E-state index in [1.54, 1.807) is 0 Å². The predicted octanol–water partition coefficient (Wildman–Crippen LogP) is 1.29. The van der Waals surface area contributed by atoms with E-state index in [2.05, 4.69) is 37.2 Å². The summed E-state index contributed by atoms with van der Waals surface area (Å²) in [6.45, 7) is 5.65. The van der Waals surface area contributed by atoms with Crippen molar-refractivity contribution in [3.8, 4) is 0 Å². The third-order valence-corrected chi connectivity index (χ3v) is 3.43. The van der Waals surface area contributed by atoms with Crippen LogP contribution in [0.25, 0.3) is 0 Å². The topological polar surface area (TPSA) is 28.2 Å². The lowest BCUT2D eigenvalue weighted by atomic mass is 10.2. The van der Waals surface area contributed by atoms with Gasteiger partial charge >= 0.3 is 0 Å². The number of piperazine rings is 1. The van der Waals surface area contributed by atoms with Gasteiger partial charge in [-0.15, -0.1) is 0 Å². The maximum Gasteiger partial charge on any atom is 0.0558 e. The van der Waals surface area contributed by atoms with E-state index in [-0.39, 0.29) is 0 Å². The molecule has 1 fully saturated rings. The van der Waals surface area contributed by atoms with Gasteiger partial charge in [0.2, 0.25) is 0 Å². The van der Waals surface area contributed by atoms with Gasteiger partial charge in [0, 0.05) is 49.8 Å². The largest absolute Gasteiger partial charge is 0.314 e. The molecule has 15 heavy (non-hydrogen) atoms. The third kappa shape index (κ3) is 3.26. The Bertz CT molecular complexity index is 310. The van der Waals surface area contributed by atoms with Crippen LogP contribution < -0.4 is 5.32 Å². The molecule has 0 unspecified atom stereocenters. The van der Waals surface area contributed by atoms with Crippen molar-refractivity contribution in [1.29, 1.82) is 0 Å². The Kier molecular flexibility index (Phi) is 4.11. The number of nitrogens with zero attached hydrogens (tertiary/aromatic N) is 2. The summed E-state index contributed by atoms with van der Waals surface area (Å²) in [7, 11) is 0. The second-order valence-electron chi connectivity index (χ2n) is 3.77. The van der Waals surface area contributed by atoms with Gasteiger partial charge in [-0.3, -0.25) is 4.98 Å². The van der Waals surface area contributed by atoms with E-state index in [0.29, 0.717) is 0 Å². The summed E-state index contributed by atoms with van der Waals surface area (Å²) in [5.41, 5.74) is 1.16. The zero-order chi connectivity index (χ0) is 10.5. The summed E-state index contributed by atoms with van der Waals surface area (Å²) in [5, 5.41) is 3.36. The first-order valence-electron chi connectivity index (χ1n) is 5.39. The average molecular weight is 270 g/mol. The maximum absolute atomic E-state index is 4.37. The van der Waals surface area contributed by atoms with Crippen molar-refractivity contribution >= 4 is 15.9 Å². The minimum absolute atomic E-state index is 1.03. The molecule has 1 aliphatic heterocycles. The van der Waals surface area contributed by atoms with E-state index in [0.717, 1.165) is 49.3 Å². The Morgan fingerprint density at radius 1 is 1.40 bits per heavy atom. The molecule has 1 aromatic rings. The van der Waals surface area contributed by atoms with Crippen LogP contribution in [0.4, 0.5) is 0 Å². The Labute approximate surface area is 99.0 Å². The van der Waals surface area contributed by atoms with Gasteiger partial charge in [-0.2, -0.15) is 0 Å². The van der Waals surface area contributed by atoms with Crippen LogP contribution in [0.2, 0.25) is 0 Å². The molecule has 3 nitrogen and oxygen atoms in total. The first kappa shape index (κ1) is 11.0. The summed E-state index contributed by atoms with van der Waals surface area (Å²) < 4.78 is 1.13. The minimum atomic E-state index is 1.03. The monoisotopic (exact) mass is 269 g/mol. The Morgan fingerprint density at radius 2 is 2.20 bits per heavy atom. The molecule has 1 N–H and O–H groups in total. The molecule has 0 amide bonds. The van der Waals surface area contributed by atoms with Gasteiger partial charge in [-0.05, 0) is 28.1 Å². The highest BCUT2D eigenvalue weighted by Gasteiger charge is 2.10. The number of hydrogen-bond donors (Lipinski definition) is 1. The minimum Gasteiger partial charge on any atom is -0.314 e. The lowest BCUT2D eigenvalue weighted by Crippen LogP contribution is -2.44. The summed E-state index contributed by atoms with van der Waals surface area (Å²) >= 11 is 3.53. The number of aromatic nitrogens is 1. The second-order valence-corrected chi connectivity index (χ2v) is 4.63. The van der Waals surface area contributed by atoms with Crippen LogP contribution in [-0.4, -0.2) is 42.6 Å². The van der Waals surface area contributed by atoms with E-state index in [9.17, 15) is 0 Å². The molecule has 82 valence electrons. The highest BCUT2D eigenvalue weighted by molar-refractivity contribution is 9.10. The normalized spacial score (nSPS) is 17.9. The third-order valence-electron chi connectivity index (χ3n) is 2.71. The lowest BCUT2D eigenvalue weighted by molar-refractivity contribution is 0.243. The van der Waals surface area contributed by atoms with E-state index >= 15 is 0 Å². The van der Waals surface area contributed by atoms with Gasteiger partial charge in [0.15, 0.2) is 0 Å². The Balaban J connectivity index is 1.84. The summed E-state index contributed by atoms with van der Waals surface area (Å²) in [4.78, 5) is 6.86. The number of halogens is 1. The molecule has 0 saturated carbocycles. The van der Waals surface area contributed by atoms with E-state index in [1.807, 2.05) is 12.3 Å². The highest BCUT2D eigenvalue weighted by atomic mass is 79.9. The molecule has 0 aromatic carbocycles. The van der Waals surface area contributed by atoms with Crippen LogP contribution in [0.1, 0.15) is 5.69 Å². The molecule has 1 aromatic heterocycles. The fourth-order valence-corrected chi connectivity index (χ4v) is 2.25. The molecular weight excluding hydrogens is 254 g/mol. The fraction of sp³-hybridized carbons (Fsp3) is 0.545. The van der Waals surface area contributed by atoms with E-state index in [1.165, 1.54) is 0 Å². The van der Waals surface area contributed by atoms with Crippen LogP contribution >= 0.6 is 15.9 Å². The SMILES string of the molecule is Brc1cccnc1CCN1CCNCC1. The number of rotatable bonds is 3. The highest BCUT2D eigenvalue weighted by Crippen LogP contribution is 2.13. The van der Waals surface area contributed by atoms with Crippen molar-refractivity contribution in [1.82, 2.24) is 15.2 Å². The molecular formula is C11H16BrN3. The molecule has 0 bridgehead atoms. The predicted molar refractivity (Wildman–Crippen MR) is 65.0 cm³/mol. The quantitative estimate of drug-likeness (QED) is 0.897. The van der Waals surface area contributed by atoms with Crippen LogP contribution in [0.5, 0.6) is 0 Å². The van der Waals surface area contributed by atoms with Crippen molar-refractivity contribution in [2.24, 2.45) is 0 Å². The van der Waals surface area contributed by atoms with Crippen LogP contribution in [0.3, 0.4) is 0 Å². The van der Waals surface area contributed by atoms with Gasteiger partial charge in [-0.25, -0.2) is 0 Å². The van der Waals surface area contributed by atoms with Gasteiger partial charge in [-0.1, -0.05) is 0 Å². The van der Waals surface area contributed by atoms with E-state index in [4.69, 9.17) is 0 Å². The van der Waals surface area contributed by atoms with Gasteiger partial charge in [0.1, 0.15) is 0 Å². The molecule has 4 heteroatoms. The first-order chi connectivity index (χ1) is 7.36. The van der Waals surface area contributed by atoms with Crippen LogP contribution in [0.15, 0.2) is 22.8 Å². The smallest absolute Gasteiger partial charge is 0.0558 e. The fourth-order valence-electron chi connectivity index (χ4n) is 1.80. The van der Waals surface area contributed by atoms with Crippen molar-refractivity contribution in [2.75, 3.05) is 32.7 Å². The summed E-state index contributed by atoms with van der Waals surface area (Å²) in [6, 6.07) is 4.01. The molecule has 0 spiro atoms. The molecule has 0 atom stereocenters. The van der Waals surface area contributed by atoms with Gasteiger partial charge in [0.25, 0.3) is 0 Å². The van der Waals surface area contributed by atoms with Crippen LogP contribution in [0, 0.1) is 0 Å². The van der Waals surface area contributed by atoms with Crippen molar-refractivity contribution in [3.63, 3.8) is 0 Å². The molecule has 1 saturated heterocycles. The Hall–Kier alpha value is -0.450. The summed E-state index contributed by atoms with van der Waals surface area (Å²) in [6.07, 6.45) is 2.89. The summed E-state index contributed by atoms with van der Waals surface area (Å²) in [5.74, 6) is 0. The first-order valence-corrected chi connectivity index (χ1v) is 6.18. The zero-order valence-electron chi connectivity index (χ0n) is 8.75. The Morgan fingerprint density at radius 3 is 2.93 bits per heavy atom. The molecule has 0 radical (unpaired) electrons. The average Bonchev–Trinajstić information content (AvgIpc) is 2.29.